The second-order valence-electron chi connectivity index (χ2n) is 5.28. The Morgan fingerprint density at radius 1 is 0.938 bits per heavy atom. The zero-order valence-corrected chi connectivity index (χ0v) is 12.0. The predicted molar refractivity (Wildman–Crippen MR) is 71.7 cm³/mol. The van der Waals surface area contributed by atoms with Gasteiger partial charge in [0.2, 0.25) is 0 Å². The van der Waals surface area contributed by atoms with Crippen molar-refractivity contribution in [1.82, 2.24) is 4.90 Å². The third kappa shape index (κ3) is 4.84. The fourth-order valence-electron chi connectivity index (χ4n) is 2.39. The van der Waals surface area contributed by atoms with Crippen molar-refractivity contribution in [3.05, 3.63) is 0 Å². The molecule has 0 saturated carbocycles. The van der Waals surface area contributed by atoms with E-state index in [4.69, 9.17) is 0 Å². The molecule has 2 unspecified atom stereocenters. The Hall–Kier alpha value is -0.0800. The summed E-state index contributed by atoms with van der Waals surface area (Å²) in [5.74, 6) is 0.659. The Kier molecular flexibility index (Phi) is 8.04. The van der Waals surface area contributed by atoms with Crippen LogP contribution in [0.2, 0.25) is 0 Å². The van der Waals surface area contributed by atoms with Crippen LogP contribution in [-0.2, 0) is 0 Å². The summed E-state index contributed by atoms with van der Waals surface area (Å²) in [6, 6.07) is 0.885. The molecule has 2 heteroatoms. The Morgan fingerprint density at radius 2 is 1.44 bits per heavy atom. The first-order valence-electron chi connectivity index (χ1n) is 6.91. The van der Waals surface area contributed by atoms with Crippen LogP contribution >= 0.6 is 0 Å². The molecule has 0 rings (SSSR count). The topological polar surface area (TPSA) is 23.5 Å². The normalized spacial score (nSPS) is 16.1. The van der Waals surface area contributed by atoms with E-state index in [1.54, 1.807) is 0 Å². The summed E-state index contributed by atoms with van der Waals surface area (Å²) in [5, 5.41) is 10.0. The zero-order chi connectivity index (χ0) is 12.7. The first kappa shape index (κ1) is 15.9. The third-order valence-corrected chi connectivity index (χ3v) is 3.49. The highest BCUT2D eigenvalue weighted by Crippen LogP contribution is 2.18. The molecule has 0 aliphatic carbocycles. The molecule has 0 spiro atoms. The van der Waals surface area contributed by atoms with Gasteiger partial charge in [-0.2, -0.15) is 0 Å². The van der Waals surface area contributed by atoms with E-state index in [0.717, 1.165) is 13.0 Å². The van der Waals surface area contributed by atoms with E-state index in [1.165, 1.54) is 12.8 Å². The third-order valence-electron chi connectivity index (χ3n) is 3.49. The van der Waals surface area contributed by atoms with E-state index >= 15 is 0 Å². The zero-order valence-electron chi connectivity index (χ0n) is 12.0. The van der Waals surface area contributed by atoms with Gasteiger partial charge in [-0.1, -0.05) is 34.6 Å². The van der Waals surface area contributed by atoms with Crippen molar-refractivity contribution in [2.75, 3.05) is 6.54 Å². The number of aliphatic hydroxyl groups is 1. The fraction of sp³-hybridized carbons (Fsp3) is 1.00. The number of hydrogen-bond acceptors (Lipinski definition) is 2. The quantitative estimate of drug-likeness (QED) is 0.690. The predicted octanol–water partition coefficient (Wildman–Crippen LogP) is 3.29. The summed E-state index contributed by atoms with van der Waals surface area (Å²) in [5.41, 5.74) is 0. The van der Waals surface area contributed by atoms with E-state index in [1.807, 2.05) is 0 Å². The molecule has 0 amide bonds. The molecular formula is C14H31NO. The highest BCUT2D eigenvalue weighted by Gasteiger charge is 2.25. The Morgan fingerprint density at radius 3 is 1.75 bits per heavy atom. The Balaban J connectivity index is 4.63. The number of aliphatic hydroxyl groups excluding tert-OH is 1. The molecule has 0 aliphatic heterocycles. The molecule has 98 valence electrons. The van der Waals surface area contributed by atoms with Gasteiger partial charge in [-0.15, -0.1) is 0 Å². The molecule has 0 aliphatic rings. The number of hydrogen-bond donors (Lipinski definition) is 1. The van der Waals surface area contributed by atoms with Crippen LogP contribution in [0.1, 0.15) is 60.8 Å². The summed E-state index contributed by atoms with van der Waals surface area (Å²) in [4.78, 5) is 2.50. The lowest BCUT2D eigenvalue weighted by Gasteiger charge is -2.39. The van der Waals surface area contributed by atoms with Crippen molar-refractivity contribution in [3.8, 4) is 0 Å². The minimum absolute atomic E-state index is 0.195. The molecule has 16 heavy (non-hydrogen) atoms. The lowest BCUT2D eigenvalue weighted by Crippen LogP contribution is -2.48. The van der Waals surface area contributed by atoms with Gasteiger partial charge < -0.3 is 5.11 Å². The van der Waals surface area contributed by atoms with E-state index in [9.17, 15) is 5.11 Å². The largest absolute Gasteiger partial charge is 0.392 e. The van der Waals surface area contributed by atoms with Crippen LogP contribution < -0.4 is 0 Å². The highest BCUT2D eigenvalue weighted by molar-refractivity contribution is 4.80. The molecule has 0 saturated heterocycles. The van der Waals surface area contributed by atoms with Crippen LogP contribution in [0, 0.1) is 5.92 Å². The summed E-state index contributed by atoms with van der Waals surface area (Å²) in [6.45, 7) is 14.3. The van der Waals surface area contributed by atoms with Crippen LogP contribution in [-0.4, -0.2) is 34.7 Å². The van der Waals surface area contributed by atoms with Gasteiger partial charge in [0.25, 0.3) is 0 Å². The van der Waals surface area contributed by atoms with Crippen molar-refractivity contribution in [3.63, 3.8) is 0 Å². The van der Waals surface area contributed by atoms with Crippen molar-refractivity contribution >= 4 is 0 Å². The number of nitrogens with zero attached hydrogens (tertiary/aromatic N) is 1. The van der Waals surface area contributed by atoms with Gasteiger partial charge in [-0.3, -0.25) is 4.90 Å². The molecular weight excluding hydrogens is 198 g/mol. The first-order chi connectivity index (χ1) is 7.47. The highest BCUT2D eigenvalue weighted by atomic mass is 16.3. The van der Waals surface area contributed by atoms with E-state index in [-0.39, 0.29) is 12.1 Å². The van der Waals surface area contributed by atoms with Crippen molar-refractivity contribution in [2.24, 2.45) is 5.92 Å². The molecule has 0 aromatic heterocycles. The van der Waals surface area contributed by atoms with Crippen LogP contribution in [0.4, 0.5) is 0 Å². The standard InChI is InChI=1S/C14H31NO/c1-7-13(8-2)15(10-11(4)5)12(6)14(16)9-3/h11-14,16H,7-10H2,1-6H3. The molecule has 1 N–H and O–H groups in total. The SMILES string of the molecule is CCC(O)C(C)N(CC(C)C)C(CC)CC. The van der Waals surface area contributed by atoms with Gasteiger partial charge >= 0.3 is 0 Å². The Labute approximate surface area is 102 Å². The summed E-state index contributed by atoms with van der Waals surface area (Å²) >= 11 is 0. The molecule has 2 atom stereocenters. The molecule has 0 heterocycles. The van der Waals surface area contributed by atoms with Gasteiger partial charge in [0, 0.05) is 18.6 Å². The van der Waals surface area contributed by atoms with Crippen LogP contribution in [0.5, 0.6) is 0 Å². The second kappa shape index (κ2) is 8.08. The lowest BCUT2D eigenvalue weighted by molar-refractivity contribution is 0.0214. The van der Waals surface area contributed by atoms with Crippen molar-refractivity contribution < 1.29 is 5.11 Å². The first-order valence-corrected chi connectivity index (χ1v) is 6.91. The Bertz CT molecular complexity index is 166. The van der Waals surface area contributed by atoms with Gasteiger partial charge in [0.1, 0.15) is 0 Å². The molecule has 0 fully saturated rings. The van der Waals surface area contributed by atoms with Gasteiger partial charge in [0.05, 0.1) is 6.10 Å². The fourth-order valence-corrected chi connectivity index (χ4v) is 2.39. The lowest BCUT2D eigenvalue weighted by atomic mass is 10.0. The summed E-state index contributed by atoms with van der Waals surface area (Å²) in [6.07, 6.45) is 2.99. The van der Waals surface area contributed by atoms with Gasteiger partial charge in [-0.05, 0) is 32.1 Å². The monoisotopic (exact) mass is 229 g/mol. The van der Waals surface area contributed by atoms with Crippen LogP contribution in [0.25, 0.3) is 0 Å². The minimum atomic E-state index is -0.195. The van der Waals surface area contributed by atoms with E-state index < -0.39 is 0 Å². The minimum Gasteiger partial charge on any atom is -0.392 e. The molecule has 0 bridgehead atoms. The van der Waals surface area contributed by atoms with Crippen LogP contribution in [0.15, 0.2) is 0 Å². The average molecular weight is 229 g/mol. The van der Waals surface area contributed by atoms with Crippen molar-refractivity contribution in [1.29, 1.82) is 0 Å². The maximum absolute atomic E-state index is 10.0. The smallest absolute Gasteiger partial charge is 0.0690 e. The maximum Gasteiger partial charge on any atom is 0.0690 e. The molecule has 0 radical (unpaired) electrons. The van der Waals surface area contributed by atoms with E-state index in [0.29, 0.717) is 12.0 Å². The van der Waals surface area contributed by atoms with Crippen molar-refractivity contribution in [2.45, 2.75) is 79.0 Å². The summed E-state index contributed by atoms with van der Waals surface area (Å²) < 4.78 is 0. The molecule has 0 aromatic carbocycles. The maximum atomic E-state index is 10.0. The van der Waals surface area contributed by atoms with E-state index in [2.05, 4.69) is 46.4 Å². The van der Waals surface area contributed by atoms with Crippen LogP contribution in [0.3, 0.4) is 0 Å². The molecule has 0 aromatic rings. The van der Waals surface area contributed by atoms with Gasteiger partial charge in [-0.25, -0.2) is 0 Å². The summed E-state index contributed by atoms with van der Waals surface area (Å²) in [7, 11) is 0. The van der Waals surface area contributed by atoms with Gasteiger partial charge in [0.15, 0.2) is 0 Å². The molecule has 2 nitrogen and oxygen atoms in total. The average Bonchev–Trinajstić information content (AvgIpc) is 2.26. The second-order valence-corrected chi connectivity index (χ2v) is 5.28. The number of rotatable bonds is 8.